The number of carbonyl (C=O) groups excluding carboxylic acids is 3. The highest BCUT2D eigenvalue weighted by atomic mass is 16.5. The molecule has 3 amide bonds. The van der Waals surface area contributed by atoms with Gasteiger partial charge in [-0.1, -0.05) is 0 Å². The third-order valence-electron chi connectivity index (χ3n) is 8.75. The van der Waals surface area contributed by atoms with Crippen molar-refractivity contribution in [3.63, 3.8) is 0 Å². The standard InChI is InChI=1S/C24H35N5O4/c25-12-18-3-1-5-28(18)20(30)13-27-23-8-16-7-17(9-23)11-24(10-16,15-23)33-14-21(31)29-6-2-4-19(29)22(26)32/h16-19,27H,1-11,13-15H2,(H2,26,32)/t16?,17?,18-,19-,23?,24?/m0/s1. The molecule has 33 heavy (non-hydrogen) atoms. The quantitative estimate of drug-likeness (QED) is 0.578. The lowest BCUT2D eigenvalue weighted by atomic mass is 9.51. The van der Waals surface area contributed by atoms with Crippen molar-refractivity contribution >= 4 is 17.7 Å². The number of nitrogens with one attached hydrogen (secondary N) is 1. The van der Waals surface area contributed by atoms with Crippen molar-refractivity contribution in [3.8, 4) is 6.07 Å². The first-order valence-corrected chi connectivity index (χ1v) is 12.5. The second-order valence-corrected chi connectivity index (χ2v) is 11.1. The van der Waals surface area contributed by atoms with Crippen LogP contribution in [-0.4, -0.2) is 77.0 Å². The number of amides is 3. The summed E-state index contributed by atoms with van der Waals surface area (Å²) in [6, 6.07) is 1.43. The normalized spacial score (nSPS) is 39.1. The first-order valence-electron chi connectivity index (χ1n) is 12.5. The Balaban J connectivity index is 1.22. The van der Waals surface area contributed by atoms with Crippen LogP contribution in [0.25, 0.3) is 0 Å². The molecule has 4 bridgehead atoms. The molecule has 4 aliphatic carbocycles. The number of nitrogens with zero attached hydrogens (tertiary/aromatic N) is 3. The van der Waals surface area contributed by atoms with E-state index in [-0.39, 0.29) is 42.1 Å². The number of primary amides is 1. The molecule has 2 aliphatic heterocycles. The Morgan fingerprint density at radius 1 is 1.03 bits per heavy atom. The molecule has 0 spiro atoms. The Kier molecular flexibility index (Phi) is 5.86. The Morgan fingerprint density at radius 3 is 2.42 bits per heavy atom. The Morgan fingerprint density at radius 2 is 1.73 bits per heavy atom. The first-order chi connectivity index (χ1) is 15.8. The number of nitrogens with two attached hydrogens (primary N) is 1. The van der Waals surface area contributed by atoms with Gasteiger partial charge in [0.2, 0.25) is 17.7 Å². The monoisotopic (exact) mass is 457 g/mol. The topological polar surface area (TPSA) is 129 Å². The molecule has 6 rings (SSSR count). The molecule has 0 radical (unpaired) electrons. The highest BCUT2D eigenvalue weighted by molar-refractivity contribution is 5.87. The summed E-state index contributed by atoms with van der Waals surface area (Å²) >= 11 is 0. The van der Waals surface area contributed by atoms with Crippen molar-refractivity contribution in [3.05, 3.63) is 0 Å². The fraction of sp³-hybridized carbons (Fsp3) is 0.833. The van der Waals surface area contributed by atoms with E-state index >= 15 is 0 Å². The van der Waals surface area contributed by atoms with E-state index in [9.17, 15) is 19.6 Å². The van der Waals surface area contributed by atoms with Gasteiger partial charge in [-0.15, -0.1) is 0 Å². The van der Waals surface area contributed by atoms with Crippen LogP contribution in [0, 0.1) is 23.2 Å². The minimum Gasteiger partial charge on any atom is -0.368 e. The van der Waals surface area contributed by atoms with Crippen LogP contribution in [0.1, 0.15) is 64.2 Å². The molecule has 180 valence electrons. The predicted octanol–water partition coefficient (Wildman–Crippen LogP) is 0.675. The number of ether oxygens (including phenoxy) is 1. The SMILES string of the molecule is N#C[C@@H]1CCCN1C(=O)CNC12CC3CC(C1)CC(OCC(=O)N1CCC[C@H]1C(N)=O)(C3)C2. The van der Waals surface area contributed by atoms with Gasteiger partial charge in [-0.2, -0.15) is 5.26 Å². The summed E-state index contributed by atoms with van der Waals surface area (Å²) in [5.41, 5.74) is 4.98. The van der Waals surface area contributed by atoms with E-state index < -0.39 is 11.9 Å². The van der Waals surface area contributed by atoms with Gasteiger partial charge in [0.1, 0.15) is 18.7 Å². The van der Waals surface area contributed by atoms with Crippen molar-refractivity contribution in [1.82, 2.24) is 15.1 Å². The summed E-state index contributed by atoms with van der Waals surface area (Å²) in [7, 11) is 0. The molecule has 4 saturated carbocycles. The van der Waals surface area contributed by atoms with E-state index in [1.165, 1.54) is 6.42 Å². The smallest absolute Gasteiger partial charge is 0.249 e. The molecule has 2 unspecified atom stereocenters. The summed E-state index contributed by atoms with van der Waals surface area (Å²) in [6.45, 7) is 1.45. The van der Waals surface area contributed by atoms with Gasteiger partial charge < -0.3 is 25.6 Å². The zero-order chi connectivity index (χ0) is 23.2. The highest BCUT2D eigenvalue weighted by Gasteiger charge is 2.58. The predicted molar refractivity (Wildman–Crippen MR) is 118 cm³/mol. The van der Waals surface area contributed by atoms with Gasteiger partial charge in [0.05, 0.1) is 18.2 Å². The molecule has 9 nitrogen and oxygen atoms in total. The number of nitriles is 1. The van der Waals surface area contributed by atoms with Gasteiger partial charge in [0.15, 0.2) is 0 Å². The molecular weight excluding hydrogens is 422 g/mol. The Bertz CT molecular complexity index is 855. The van der Waals surface area contributed by atoms with Crippen molar-refractivity contribution in [2.75, 3.05) is 26.2 Å². The summed E-state index contributed by atoms with van der Waals surface area (Å²) < 4.78 is 6.39. The van der Waals surface area contributed by atoms with E-state index in [0.29, 0.717) is 31.3 Å². The van der Waals surface area contributed by atoms with Gasteiger partial charge in [0, 0.05) is 18.6 Å². The van der Waals surface area contributed by atoms with Crippen LogP contribution in [0.5, 0.6) is 0 Å². The molecule has 0 aromatic rings. The fourth-order valence-corrected chi connectivity index (χ4v) is 7.78. The van der Waals surface area contributed by atoms with E-state index in [2.05, 4.69) is 11.4 Å². The van der Waals surface area contributed by atoms with Crippen molar-refractivity contribution < 1.29 is 19.1 Å². The lowest BCUT2D eigenvalue weighted by Crippen LogP contribution is -2.66. The van der Waals surface area contributed by atoms with Crippen LogP contribution in [0.3, 0.4) is 0 Å². The molecular formula is C24H35N5O4. The zero-order valence-electron chi connectivity index (χ0n) is 19.3. The van der Waals surface area contributed by atoms with Crippen LogP contribution < -0.4 is 11.1 Å². The Labute approximate surface area is 195 Å². The van der Waals surface area contributed by atoms with Crippen LogP contribution >= 0.6 is 0 Å². The zero-order valence-corrected chi connectivity index (χ0v) is 19.3. The van der Waals surface area contributed by atoms with Crippen molar-refractivity contribution in [2.24, 2.45) is 17.6 Å². The highest BCUT2D eigenvalue weighted by Crippen LogP contribution is 2.58. The van der Waals surface area contributed by atoms with Crippen LogP contribution in [0.4, 0.5) is 0 Å². The molecule has 6 aliphatic rings. The summed E-state index contributed by atoms with van der Waals surface area (Å²) in [5, 5.41) is 12.9. The van der Waals surface area contributed by atoms with Crippen LogP contribution in [0.2, 0.25) is 0 Å². The van der Waals surface area contributed by atoms with E-state index in [4.69, 9.17) is 10.5 Å². The summed E-state index contributed by atoms with van der Waals surface area (Å²) in [6.07, 6.45) is 9.03. The van der Waals surface area contributed by atoms with Gasteiger partial charge in [0.25, 0.3) is 0 Å². The average Bonchev–Trinajstić information content (AvgIpc) is 3.44. The number of likely N-dealkylation sites (tertiary alicyclic amines) is 2. The summed E-state index contributed by atoms with van der Waals surface area (Å²) in [4.78, 5) is 40.7. The van der Waals surface area contributed by atoms with Gasteiger partial charge in [-0.25, -0.2) is 0 Å². The van der Waals surface area contributed by atoms with E-state index in [1.54, 1.807) is 9.80 Å². The number of hydrogen-bond donors (Lipinski definition) is 2. The molecule has 2 saturated heterocycles. The van der Waals surface area contributed by atoms with E-state index in [0.717, 1.165) is 51.4 Å². The van der Waals surface area contributed by atoms with Gasteiger partial charge in [-0.3, -0.25) is 14.4 Å². The average molecular weight is 458 g/mol. The van der Waals surface area contributed by atoms with Crippen molar-refractivity contribution in [1.29, 1.82) is 5.26 Å². The molecule has 0 aromatic heterocycles. The number of carbonyl (C=O) groups is 3. The minimum atomic E-state index is -0.515. The third-order valence-corrected chi connectivity index (χ3v) is 8.75. The maximum absolute atomic E-state index is 12.9. The lowest BCUT2D eigenvalue weighted by molar-refractivity contribution is -0.184. The minimum absolute atomic E-state index is 0.00599. The van der Waals surface area contributed by atoms with Crippen LogP contribution in [-0.2, 0) is 19.1 Å². The van der Waals surface area contributed by atoms with Crippen molar-refractivity contribution in [2.45, 2.75) is 87.4 Å². The molecule has 6 fully saturated rings. The number of rotatable bonds is 7. The van der Waals surface area contributed by atoms with Crippen LogP contribution in [0.15, 0.2) is 0 Å². The Hall–Kier alpha value is -2.18. The molecule has 9 heteroatoms. The maximum Gasteiger partial charge on any atom is 0.249 e. The van der Waals surface area contributed by atoms with Gasteiger partial charge >= 0.3 is 0 Å². The van der Waals surface area contributed by atoms with E-state index in [1.807, 2.05) is 0 Å². The molecule has 3 N–H and O–H groups in total. The maximum atomic E-state index is 12.9. The second-order valence-electron chi connectivity index (χ2n) is 11.1. The van der Waals surface area contributed by atoms with Gasteiger partial charge in [-0.05, 0) is 76.0 Å². The fourth-order valence-electron chi connectivity index (χ4n) is 7.78. The molecule has 4 atom stereocenters. The number of hydrogen-bond acceptors (Lipinski definition) is 6. The third kappa shape index (κ3) is 4.24. The first kappa shape index (κ1) is 22.6. The molecule has 0 aromatic carbocycles. The lowest BCUT2D eigenvalue weighted by Gasteiger charge is -2.62. The summed E-state index contributed by atoms with van der Waals surface area (Å²) in [5.74, 6) is 0.480. The molecule has 2 heterocycles. The largest absolute Gasteiger partial charge is 0.368 e. The second kappa shape index (κ2) is 8.55.